The van der Waals surface area contributed by atoms with E-state index in [9.17, 15) is 4.79 Å². The van der Waals surface area contributed by atoms with Gasteiger partial charge in [0.25, 0.3) is 5.91 Å². The summed E-state index contributed by atoms with van der Waals surface area (Å²) in [5, 5.41) is 11.6. The molecule has 4 nitrogen and oxygen atoms in total. The summed E-state index contributed by atoms with van der Waals surface area (Å²) in [6.45, 7) is 4.70. The standard InChI is InChI=1S/C13H20N2O2/c1-4-15(3)12-7-5-11(6-8-12)13(17)14-10(2)9-16/h5-8,10,16H,4,9H2,1-3H3,(H,14,17). The number of hydrogen-bond acceptors (Lipinski definition) is 3. The Hall–Kier alpha value is -1.55. The number of carbonyl (C=O) groups is 1. The molecule has 0 aliphatic heterocycles. The van der Waals surface area contributed by atoms with Gasteiger partial charge in [-0.15, -0.1) is 0 Å². The molecule has 1 amide bonds. The average molecular weight is 236 g/mol. The third kappa shape index (κ3) is 3.75. The Morgan fingerprint density at radius 3 is 2.47 bits per heavy atom. The highest BCUT2D eigenvalue weighted by Gasteiger charge is 2.09. The maximum Gasteiger partial charge on any atom is 0.251 e. The van der Waals surface area contributed by atoms with Crippen molar-refractivity contribution in [3.8, 4) is 0 Å². The predicted molar refractivity (Wildman–Crippen MR) is 69.4 cm³/mol. The molecule has 1 aromatic carbocycles. The van der Waals surface area contributed by atoms with E-state index in [1.165, 1.54) is 0 Å². The molecule has 0 heterocycles. The molecule has 0 aliphatic carbocycles. The fourth-order valence-electron chi connectivity index (χ4n) is 1.40. The van der Waals surface area contributed by atoms with Gasteiger partial charge in [0, 0.05) is 30.9 Å². The second-order valence-electron chi connectivity index (χ2n) is 4.12. The normalized spacial score (nSPS) is 12.0. The second kappa shape index (κ2) is 6.25. The molecule has 1 aromatic rings. The summed E-state index contributed by atoms with van der Waals surface area (Å²) in [5.74, 6) is -0.155. The molecule has 1 atom stereocenters. The molecule has 1 unspecified atom stereocenters. The largest absolute Gasteiger partial charge is 0.394 e. The number of carbonyl (C=O) groups excluding carboxylic acids is 1. The van der Waals surface area contributed by atoms with Crippen LogP contribution in [0.15, 0.2) is 24.3 Å². The predicted octanol–water partition coefficient (Wildman–Crippen LogP) is 1.25. The topological polar surface area (TPSA) is 52.6 Å². The van der Waals surface area contributed by atoms with Gasteiger partial charge in [-0.2, -0.15) is 0 Å². The van der Waals surface area contributed by atoms with E-state index in [4.69, 9.17) is 5.11 Å². The van der Waals surface area contributed by atoms with E-state index in [0.717, 1.165) is 12.2 Å². The highest BCUT2D eigenvalue weighted by atomic mass is 16.3. The quantitative estimate of drug-likeness (QED) is 0.809. The van der Waals surface area contributed by atoms with E-state index in [1.807, 2.05) is 19.2 Å². The van der Waals surface area contributed by atoms with E-state index < -0.39 is 0 Å². The fraction of sp³-hybridized carbons (Fsp3) is 0.462. The number of hydrogen-bond donors (Lipinski definition) is 2. The van der Waals surface area contributed by atoms with Crippen molar-refractivity contribution in [1.82, 2.24) is 5.32 Å². The summed E-state index contributed by atoms with van der Waals surface area (Å²) in [7, 11) is 2.00. The molecule has 4 heteroatoms. The molecule has 0 bridgehead atoms. The van der Waals surface area contributed by atoms with Gasteiger partial charge in [-0.25, -0.2) is 0 Å². The van der Waals surface area contributed by atoms with E-state index in [1.54, 1.807) is 19.1 Å². The van der Waals surface area contributed by atoms with Gasteiger partial charge in [0.2, 0.25) is 0 Å². The summed E-state index contributed by atoms with van der Waals surface area (Å²) >= 11 is 0. The maximum atomic E-state index is 11.7. The molecule has 0 radical (unpaired) electrons. The van der Waals surface area contributed by atoms with Crippen LogP contribution in [0, 0.1) is 0 Å². The Kier molecular flexibility index (Phi) is 4.97. The summed E-state index contributed by atoms with van der Waals surface area (Å²) in [5.41, 5.74) is 1.69. The van der Waals surface area contributed by atoms with Gasteiger partial charge >= 0.3 is 0 Å². The third-order valence-corrected chi connectivity index (χ3v) is 2.70. The fourth-order valence-corrected chi connectivity index (χ4v) is 1.40. The highest BCUT2D eigenvalue weighted by Crippen LogP contribution is 2.13. The molecule has 0 aromatic heterocycles. The number of aliphatic hydroxyl groups excluding tert-OH is 1. The van der Waals surface area contributed by atoms with Gasteiger partial charge in [-0.3, -0.25) is 4.79 Å². The Morgan fingerprint density at radius 1 is 1.41 bits per heavy atom. The number of benzene rings is 1. The summed E-state index contributed by atoms with van der Waals surface area (Å²) in [4.78, 5) is 13.8. The van der Waals surface area contributed by atoms with Crippen molar-refractivity contribution in [3.63, 3.8) is 0 Å². The number of nitrogens with zero attached hydrogens (tertiary/aromatic N) is 1. The molecule has 0 saturated heterocycles. The van der Waals surface area contributed by atoms with E-state index in [-0.39, 0.29) is 18.6 Å². The highest BCUT2D eigenvalue weighted by molar-refractivity contribution is 5.94. The maximum absolute atomic E-state index is 11.7. The second-order valence-corrected chi connectivity index (χ2v) is 4.12. The van der Waals surface area contributed by atoms with Crippen LogP contribution in [0.5, 0.6) is 0 Å². The zero-order chi connectivity index (χ0) is 12.8. The first-order valence-corrected chi connectivity index (χ1v) is 5.81. The van der Waals surface area contributed by atoms with Crippen LogP contribution in [-0.2, 0) is 0 Å². The van der Waals surface area contributed by atoms with Crippen molar-refractivity contribution in [2.45, 2.75) is 19.9 Å². The molecule has 1 rings (SSSR count). The van der Waals surface area contributed by atoms with Crippen molar-refractivity contribution in [2.24, 2.45) is 0 Å². The first-order valence-electron chi connectivity index (χ1n) is 5.81. The smallest absolute Gasteiger partial charge is 0.251 e. The Bertz CT molecular complexity index is 362. The minimum atomic E-state index is -0.222. The van der Waals surface area contributed by atoms with E-state index in [2.05, 4.69) is 17.1 Å². The van der Waals surface area contributed by atoms with Gasteiger partial charge in [-0.05, 0) is 38.1 Å². The van der Waals surface area contributed by atoms with Crippen molar-refractivity contribution in [3.05, 3.63) is 29.8 Å². The van der Waals surface area contributed by atoms with Crippen LogP contribution in [0.2, 0.25) is 0 Å². The molecule has 0 spiro atoms. The van der Waals surface area contributed by atoms with Crippen molar-refractivity contribution in [1.29, 1.82) is 0 Å². The van der Waals surface area contributed by atoms with E-state index >= 15 is 0 Å². The lowest BCUT2D eigenvalue weighted by atomic mass is 10.1. The monoisotopic (exact) mass is 236 g/mol. The number of rotatable bonds is 5. The van der Waals surface area contributed by atoms with Gasteiger partial charge in [0.1, 0.15) is 0 Å². The van der Waals surface area contributed by atoms with Crippen LogP contribution in [0.25, 0.3) is 0 Å². The minimum absolute atomic E-state index is 0.0532. The van der Waals surface area contributed by atoms with Gasteiger partial charge < -0.3 is 15.3 Å². The van der Waals surface area contributed by atoms with Crippen LogP contribution in [0.3, 0.4) is 0 Å². The lowest BCUT2D eigenvalue weighted by Crippen LogP contribution is -2.34. The van der Waals surface area contributed by atoms with Gasteiger partial charge in [-0.1, -0.05) is 0 Å². The molecule has 17 heavy (non-hydrogen) atoms. The Balaban J connectivity index is 2.70. The molecule has 0 saturated carbocycles. The molecule has 0 fully saturated rings. The van der Waals surface area contributed by atoms with Gasteiger partial charge in [0.05, 0.1) is 6.61 Å². The van der Waals surface area contributed by atoms with Crippen LogP contribution in [-0.4, -0.2) is 37.3 Å². The molecule has 0 aliphatic rings. The molecular weight excluding hydrogens is 216 g/mol. The summed E-state index contributed by atoms with van der Waals surface area (Å²) in [6, 6.07) is 7.20. The average Bonchev–Trinajstić information content (AvgIpc) is 2.37. The third-order valence-electron chi connectivity index (χ3n) is 2.70. The Morgan fingerprint density at radius 2 is 2.00 bits per heavy atom. The summed E-state index contributed by atoms with van der Waals surface area (Å²) < 4.78 is 0. The SMILES string of the molecule is CCN(C)c1ccc(C(=O)NC(C)CO)cc1. The van der Waals surface area contributed by atoms with Crippen molar-refractivity contribution < 1.29 is 9.90 Å². The zero-order valence-corrected chi connectivity index (χ0v) is 10.6. The lowest BCUT2D eigenvalue weighted by Gasteiger charge is -2.17. The first-order chi connectivity index (χ1) is 8.08. The van der Waals surface area contributed by atoms with Crippen LogP contribution in [0.4, 0.5) is 5.69 Å². The number of amides is 1. The van der Waals surface area contributed by atoms with Crippen molar-refractivity contribution in [2.75, 3.05) is 25.1 Å². The van der Waals surface area contributed by atoms with Crippen molar-refractivity contribution >= 4 is 11.6 Å². The van der Waals surface area contributed by atoms with Crippen LogP contribution >= 0.6 is 0 Å². The van der Waals surface area contributed by atoms with Crippen LogP contribution < -0.4 is 10.2 Å². The minimum Gasteiger partial charge on any atom is -0.394 e. The van der Waals surface area contributed by atoms with Crippen LogP contribution in [0.1, 0.15) is 24.2 Å². The Labute approximate surface area is 102 Å². The molecule has 2 N–H and O–H groups in total. The van der Waals surface area contributed by atoms with Gasteiger partial charge in [0.15, 0.2) is 0 Å². The first kappa shape index (κ1) is 13.5. The summed E-state index contributed by atoms with van der Waals surface area (Å²) in [6.07, 6.45) is 0. The lowest BCUT2D eigenvalue weighted by molar-refractivity contribution is 0.0922. The van der Waals surface area contributed by atoms with E-state index in [0.29, 0.717) is 5.56 Å². The number of nitrogens with one attached hydrogen (secondary N) is 1. The number of anilines is 1. The molecular formula is C13H20N2O2. The number of aliphatic hydroxyl groups is 1. The zero-order valence-electron chi connectivity index (χ0n) is 10.6. The molecule has 94 valence electrons.